The average molecular weight is 308 g/mol. The SMILES string of the molecule is CCNC(c1ccccc1)C(SC1CCOC1C)C(C)C. The number of thioether (sulfide) groups is 1. The zero-order valence-electron chi connectivity index (χ0n) is 13.7. The molecule has 1 heterocycles. The lowest BCUT2D eigenvalue weighted by molar-refractivity contribution is 0.127. The monoisotopic (exact) mass is 307 g/mol. The van der Waals surface area contributed by atoms with E-state index in [0.717, 1.165) is 13.2 Å². The van der Waals surface area contributed by atoms with E-state index in [0.29, 0.717) is 28.6 Å². The van der Waals surface area contributed by atoms with Crippen LogP contribution in [0.2, 0.25) is 0 Å². The summed E-state index contributed by atoms with van der Waals surface area (Å²) in [7, 11) is 0. The Morgan fingerprint density at radius 1 is 1.29 bits per heavy atom. The molecule has 1 aromatic carbocycles. The van der Waals surface area contributed by atoms with Crippen molar-refractivity contribution in [3.05, 3.63) is 35.9 Å². The molecule has 21 heavy (non-hydrogen) atoms. The minimum Gasteiger partial charge on any atom is -0.377 e. The van der Waals surface area contributed by atoms with Crippen molar-refractivity contribution >= 4 is 11.8 Å². The average Bonchev–Trinajstić information content (AvgIpc) is 2.88. The van der Waals surface area contributed by atoms with Crippen LogP contribution in [0.25, 0.3) is 0 Å². The highest BCUT2D eigenvalue weighted by Crippen LogP contribution is 2.39. The minimum absolute atomic E-state index is 0.384. The molecule has 0 bridgehead atoms. The van der Waals surface area contributed by atoms with Crippen LogP contribution in [0.5, 0.6) is 0 Å². The topological polar surface area (TPSA) is 21.3 Å². The van der Waals surface area contributed by atoms with Gasteiger partial charge in [-0.2, -0.15) is 11.8 Å². The summed E-state index contributed by atoms with van der Waals surface area (Å²) in [5.41, 5.74) is 1.40. The van der Waals surface area contributed by atoms with Crippen LogP contribution in [0.15, 0.2) is 30.3 Å². The van der Waals surface area contributed by atoms with E-state index in [1.165, 1.54) is 12.0 Å². The van der Waals surface area contributed by atoms with Crippen LogP contribution in [0, 0.1) is 5.92 Å². The fourth-order valence-electron chi connectivity index (χ4n) is 3.02. The first-order valence-corrected chi connectivity index (χ1v) is 9.13. The summed E-state index contributed by atoms with van der Waals surface area (Å²) in [5.74, 6) is 0.632. The van der Waals surface area contributed by atoms with Crippen LogP contribution in [0.3, 0.4) is 0 Å². The Bertz CT molecular complexity index is 409. The van der Waals surface area contributed by atoms with Gasteiger partial charge in [-0.05, 0) is 31.4 Å². The summed E-state index contributed by atoms with van der Waals surface area (Å²) < 4.78 is 5.75. The minimum atomic E-state index is 0.384. The van der Waals surface area contributed by atoms with Gasteiger partial charge in [0.15, 0.2) is 0 Å². The molecular formula is C18H29NOS. The molecule has 3 heteroatoms. The molecule has 1 aliphatic heterocycles. The predicted molar refractivity (Wildman–Crippen MR) is 92.9 cm³/mol. The van der Waals surface area contributed by atoms with E-state index in [9.17, 15) is 0 Å². The largest absolute Gasteiger partial charge is 0.377 e. The number of nitrogens with one attached hydrogen (secondary N) is 1. The number of rotatable bonds is 7. The lowest BCUT2D eigenvalue weighted by Crippen LogP contribution is -2.35. The van der Waals surface area contributed by atoms with E-state index in [2.05, 4.69) is 75.1 Å². The standard InChI is InChI=1S/C18H29NOS/c1-5-19-17(15-9-7-6-8-10-15)18(13(2)3)21-16-11-12-20-14(16)4/h6-10,13-14,16-19H,5,11-12H2,1-4H3. The maximum atomic E-state index is 5.75. The highest BCUT2D eigenvalue weighted by Gasteiger charge is 2.33. The third kappa shape index (κ3) is 4.48. The van der Waals surface area contributed by atoms with Gasteiger partial charge in [0.2, 0.25) is 0 Å². The molecule has 1 fully saturated rings. The van der Waals surface area contributed by atoms with Crippen LogP contribution in [0.4, 0.5) is 0 Å². The lowest BCUT2D eigenvalue weighted by atomic mass is 9.96. The van der Waals surface area contributed by atoms with Gasteiger partial charge in [0, 0.05) is 23.1 Å². The molecule has 4 unspecified atom stereocenters. The molecule has 4 atom stereocenters. The van der Waals surface area contributed by atoms with Gasteiger partial charge in [-0.1, -0.05) is 51.1 Å². The maximum absolute atomic E-state index is 5.75. The van der Waals surface area contributed by atoms with Gasteiger partial charge in [0.05, 0.1) is 6.10 Å². The third-order valence-electron chi connectivity index (χ3n) is 4.21. The van der Waals surface area contributed by atoms with Crippen molar-refractivity contribution in [3.8, 4) is 0 Å². The quantitative estimate of drug-likeness (QED) is 0.812. The zero-order valence-corrected chi connectivity index (χ0v) is 14.5. The van der Waals surface area contributed by atoms with E-state index < -0.39 is 0 Å². The molecule has 0 aromatic heterocycles. The second-order valence-electron chi connectivity index (χ2n) is 6.19. The third-order valence-corrected chi connectivity index (χ3v) is 6.31. The summed E-state index contributed by atoms with van der Waals surface area (Å²) in [6.07, 6.45) is 1.57. The second kappa shape index (κ2) is 8.21. The van der Waals surface area contributed by atoms with E-state index in [1.807, 2.05) is 0 Å². The fraction of sp³-hybridized carbons (Fsp3) is 0.667. The van der Waals surface area contributed by atoms with Crippen LogP contribution >= 0.6 is 11.8 Å². The first-order chi connectivity index (χ1) is 10.1. The molecular weight excluding hydrogens is 278 g/mol. The van der Waals surface area contributed by atoms with Crippen LogP contribution in [-0.2, 0) is 4.74 Å². The summed E-state index contributed by atoms with van der Waals surface area (Å²) in [5, 5.41) is 4.91. The molecule has 2 nitrogen and oxygen atoms in total. The molecule has 0 spiro atoms. The molecule has 1 saturated heterocycles. The van der Waals surface area contributed by atoms with Crippen molar-refractivity contribution in [2.45, 2.75) is 56.8 Å². The Hall–Kier alpha value is -0.510. The maximum Gasteiger partial charge on any atom is 0.0666 e. The summed E-state index contributed by atoms with van der Waals surface area (Å²) in [4.78, 5) is 0. The zero-order chi connectivity index (χ0) is 15.2. The van der Waals surface area contributed by atoms with Gasteiger partial charge in [-0.25, -0.2) is 0 Å². The van der Waals surface area contributed by atoms with Gasteiger partial charge in [0.25, 0.3) is 0 Å². The molecule has 0 aliphatic carbocycles. The number of ether oxygens (including phenoxy) is 1. The first kappa shape index (κ1) is 16.9. The number of benzene rings is 1. The van der Waals surface area contributed by atoms with Crippen LogP contribution in [0.1, 0.15) is 45.7 Å². The Kier molecular flexibility index (Phi) is 6.59. The molecule has 0 amide bonds. The normalized spacial score (nSPS) is 25.2. The first-order valence-electron chi connectivity index (χ1n) is 8.18. The van der Waals surface area contributed by atoms with Crippen molar-refractivity contribution in [2.75, 3.05) is 13.2 Å². The van der Waals surface area contributed by atoms with Crippen LogP contribution < -0.4 is 5.32 Å². The van der Waals surface area contributed by atoms with Gasteiger partial charge in [-0.15, -0.1) is 0 Å². The fourth-order valence-corrected chi connectivity index (χ4v) is 4.68. The molecule has 1 N–H and O–H groups in total. The molecule has 0 saturated carbocycles. The van der Waals surface area contributed by atoms with Gasteiger partial charge < -0.3 is 10.1 Å². The molecule has 1 aliphatic rings. The van der Waals surface area contributed by atoms with Crippen molar-refractivity contribution in [3.63, 3.8) is 0 Å². The summed E-state index contributed by atoms with van der Waals surface area (Å²) >= 11 is 2.12. The van der Waals surface area contributed by atoms with Crippen molar-refractivity contribution in [1.29, 1.82) is 0 Å². The van der Waals surface area contributed by atoms with Crippen LogP contribution in [-0.4, -0.2) is 29.8 Å². The number of hydrogen-bond donors (Lipinski definition) is 1. The van der Waals surface area contributed by atoms with E-state index in [4.69, 9.17) is 4.74 Å². The second-order valence-corrected chi connectivity index (χ2v) is 7.62. The predicted octanol–water partition coefficient (Wildman–Crippen LogP) is 4.27. The Morgan fingerprint density at radius 2 is 2.00 bits per heavy atom. The van der Waals surface area contributed by atoms with E-state index in [-0.39, 0.29) is 0 Å². The van der Waals surface area contributed by atoms with Gasteiger partial charge >= 0.3 is 0 Å². The summed E-state index contributed by atoms with van der Waals surface area (Å²) in [6.45, 7) is 11.0. The molecule has 2 rings (SSSR count). The molecule has 0 radical (unpaired) electrons. The Balaban J connectivity index is 2.16. The van der Waals surface area contributed by atoms with Gasteiger partial charge in [0.1, 0.15) is 0 Å². The van der Waals surface area contributed by atoms with Crippen molar-refractivity contribution in [1.82, 2.24) is 5.32 Å². The van der Waals surface area contributed by atoms with E-state index >= 15 is 0 Å². The lowest BCUT2D eigenvalue weighted by Gasteiger charge is -2.33. The summed E-state index contributed by atoms with van der Waals surface area (Å²) in [6, 6.07) is 11.3. The Labute approximate surface area is 134 Å². The van der Waals surface area contributed by atoms with Crippen molar-refractivity contribution in [2.24, 2.45) is 5.92 Å². The number of hydrogen-bond acceptors (Lipinski definition) is 3. The smallest absolute Gasteiger partial charge is 0.0666 e. The van der Waals surface area contributed by atoms with Gasteiger partial charge in [-0.3, -0.25) is 0 Å². The van der Waals surface area contributed by atoms with Crippen molar-refractivity contribution < 1.29 is 4.74 Å². The highest BCUT2D eigenvalue weighted by molar-refractivity contribution is 8.00. The molecule has 118 valence electrons. The highest BCUT2D eigenvalue weighted by atomic mass is 32.2. The van der Waals surface area contributed by atoms with E-state index in [1.54, 1.807) is 0 Å². The Morgan fingerprint density at radius 3 is 2.52 bits per heavy atom. The molecule has 1 aromatic rings.